The fourth-order valence-corrected chi connectivity index (χ4v) is 10.0. The number of fused-ring (bicyclic) bond motifs is 1. The number of ether oxygens (including phenoxy) is 2. The van der Waals surface area contributed by atoms with E-state index in [0.717, 1.165) is 29.7 Å². The summed E-state index contributed by atoms with van der Waals surface area (Å²) < 4.78 is 28.5. The van der Waals surface area contributed by atoms with Crippen molar-refractivity contribution in [1.82, 2.24) is 4.90 Å². The summed E-state index contributed by atoms with van der Waals surface area (Å²) in [5.74, 6) is -0.216. The third-order valence-electron chi connectivity index (χ3n) is 9.03. The summed E-state index contributed by atoms with van der Waals surface area (Å²) in [6.07, 6.45) is 2.92. The number of hydrogen-bond donors (Lipinski definition) is 1. The van der Waals surface area contributed by atoms with Gasteiger partial charge in [-0.2, -0.15) is 0 Å². The number of carbonyl (C=O) groups excluding carboxylic acids is 2. The molecule has 202 valence electrons. The van der Waals surface area contributed by atoms with Crippen LogP contribution in [0.4, 0.5) is 9.80 Å². The van der Waals surface area contributed by atoms with Crippen molar-refractivity contribution in [1.29, 1.82) is 0 Å². The number of carbonyl (C=O) groups is 2. The van der Waals surface area contributed by atoms with Crippen LogP contribution in [0.3, 0.4) is 0 Å². The number of methoxy groups -OCH3 is 1. The highest BCUT2D eigenvalue weighted by Gasteiger charge is 2.69. The standard InChI is InChI=1S/C28H39FN2O5Si/c1-16-14-27(3,4)31-24-20(16)11-19(35-5)12-21(24)28(26(31)34)17(2)25(37(6,7)29)22(36-28)13-23(33)30-10-8-9-18(30)15-32/h11-12,14,17-18,22,25,32H,8-10,13,15H2,1-7H3/t17-,18+,22+,25-,28+/m1/s1. The molecule has 1 aromatic rings. The number of aliphatic hydroxyl groups is 1. The number of amides is 2. The largest absolute Gasteiger partial charge is 0.497 e. The van der Waals surface area contributed by atoms with E-state index in [2.05, 4.69) is 6.08 Å². The molecular formula is C28H39FN2O5Si. The van der Waals surface area contributed by atoms with Crippen LogP contribution >= 0.6 is 0 Å². The van der Waals surface area contributed by atoms with Gasteiger partial charge in [0.05, 0.1) is 43.5 Å². The minimum atomic E-state index is -3.39. The molecule has 4 aliphatic heterocycles. The molecule has 2 amide bonds. The Hall–Kier alpha value is -2.23. The lowest BCUT2D eigenvalue weighted by Crippen LogP contribution is -2.52. The van der Waals surface area contributed by atoms with E-state index in [1.807, 2.05) is 39.8 Å². The lowest BCUT2D eigenvalue weighted by atomic mass is 9.81. The first kappa shape index (κ1) is 26.4. The van der Waals surface area contributed by atoms with Crippen molar-refractivity contribution in [2.24, 2.45) is 5.92 Å². The summed E-state index contributed by atoms with van der Waals surface area (Å²) in [6.45, 7) is 11.7. The van der Waals surface area contributed by atoms with Gasteiger partial charge >= 0.3 is 0 Å². The van der Waals surface area contributed by atoms with Crippen LogP contribution < -0.4 is 9.64 Å². The molecule has 0 aliphatic carbocycles. The normalized spacial score (nSPS) is 32.2. The molecule has 1 N–H and O–H groups in total. The fraction of sp³-hybridized carbons (Fsp3) is 0.643. The van der Waals surface area contributed by atoms with Crippen LogP contribution in [0.15, 0.2) is 18.2 Å². The van der Waals surface area contributed by atoms with Gasteiger partial charge in [0.15, 0.2) is 5.60 Å². The molecule has 0 aromatic heterocycles. The lowest BCUT2D eigenvalue weighted by Gasteiger charge is -2.39. The Labute approximate surface area is 219 Å². The maximum atomic E-state index is 16.1. The first-order valence-corrected chi connectivity index (χ1v) is 16.3. The minimum absolute atomic E-state index is 0.00623. The lowest BCUT2D eigenvalue weighted by molar-refractivity contribution is -0.150. The average molecular weight is 531 g/mol. The van der Waals surface area contributed by atoms with Crippen molar-refractivity contribution < 1.29 is 28.3 Å². The zero-order valence-corrected chi connectivity index (χ0v) is 23.9. The molecule has 2 saturated heterocycles. The Morgan fingerprint density at radius 3 is 2.65 bits per heavy atom. The van der Waals surface area contributed by atoms with Gasteiger partial charge in [0, 0.05) is 29.1 Å². The molecule has 0 bridgehead atoms. The van der Waals surface area contributed by atoms with Gasteiger partial charge in [0.1, 0.15) is 5.75 Å². The Balaban J connectivity index is 1.63. The van der Waals surface area contributed by atoms with Gasteiger partial charge < -0.3 is 23.6 Å². The van der Waals surface area contributed by atoms with E-state index in [-0.39, 0.29) is 30.9 Å². The summed E-state index contributed by atoms with van der Waals surface area (Å²) >= 11 is 0. The predicted octanol–water partition coefficient (Wildman–Crippen LogP) is 4.39. The second kappa shape index (κ2) is 8.64. The van der Waals surface area contributed by atoms with E-state index < -0.39 is 37.1 Å². The monoisotopic (exact) mass is 530 g/mol. The highest BCUT2D eigenvalue weighted by atomic mass is 28.4. The molecule has 9 heteroatoms. The van der Waals surface area contributed by atoms with E-state index in [9.17, 15) is 14.7 Å². The van der Waals surface area contributed by atoms with Crippen LogP contribution in [0.2, 0.25) is 18.6 Å². The Morgan fingerprint density at radius 1 is 1.32 bits per heavy atom. The van der Waals surface area contributed by atoms with Gasteiger partial charge in [-0.25, -0.2) is 0 Å². The quantitative estimate of drug-likeness (QED) is 0.451. The summed E-state index contributed by atoms with van der Waals surface area (Å²) in [4.78, 5) is 31.4. The zero-order valence-electron chi connectivity index (χ0n) is 22.9. The van der Waals surface area contributed by atoms with E-state index in [0.29, 0.717) is 17.9 Å². The second-order valence-corrected chi connectivity index (χ2v) is 16.0. The number of allylic oxidation sites excluding steroid dienone is 1. The molecule has 2 fully saturated rings. The first-order valence-electron chi connectivity index (χ1n) is 13.3. The van der Waals surface area contributed by atoms with Crippen LogP contribution in [0.5, 0.6) is 5.75 Å². The second-order valence-electron chi connectivity index (χ2n) is 12.2. The number of benzene rings is 1. The molecule has 4 aliphatic rings. The van der Waals surface area contributed by atoms with E-state index in [4.69, 9.17) is 9.47 Å². The van der Waals surface area contributed by atoms with Gasteiger partial charge in [0.25, 0.3) is 5.91 Å². The summed E-state index contributed by atoms with van der Waals surface area (Å²) in [6, 6.07) is 3.58. The summed E-state index contributed by atoms with van der Waals surface area (Å²) in [7, 11) is -1.79. The number of halogens is 1. The Kier molecular flexibility index (Phi) is 6.16. The van der Waals surface area contributed by atoms with E-state index in [1.165, 1.54) is 0 Å². The van der Waals surface area contributed by atoms with Crippen molar-refractivity contribution in [3.63, 3.8) is 0 Å². The molecule has 4 heterocycles. The van der Waals surface area contributed by atoms with Gasteiger partial charge in [-0.15, -0.1) is 0 Å². The van der Waals surface area contributed by atoms with Crippen LogP contribution in [0.1, 0.15) is 58.1 Å². The molecule has 37 heavy (non-hydrogen) atoms. The van der Waals surface area contributed by atoms with Gasteiger partial charge in [-0.05, 0) is 64.4 Å². The number of nitrogens with zero attached hydrogens (tertiary/aromatic N) is 2. The van der Waals surface area contributed by atoms with Gasteiger partial charge in [0.2, 0.25) is 14.3 Å². The highest BCUT2D eigenvalue weighted by Crippen LogP contribution is 2.63. The van der Waals surface area contributed by atoms with Crippen LogP contribution in [-0.2, 0) is 19.9 Å². The molecule has 0 unspecified atom stereocenters. The third kappa shape index (κ3) is 3.72. The Bertz CT molecular complexity index is 1180. The molecule has 7 nitrogen and oxygen atoms in total. The molecule has 0 radical (unpaired) electrons. The maximum Gasteiger partial charge on any atom is 0.265 e. The fourth-order valence-electron chi connectivity index (χ4n) is 7.55. The number of likely N-dealkylation sites (tertiary alicyclic amines) is 1. The maximum absolute atomic E-state index is 16.1. The average Bonchev–Trinajstić information content (AvgIpc) is 3.46. The Morgan fingerprint density at radius 2 is 2.03 bits per heavy atom. The minimum Gasteiger partial charge on any atom is -0.497 e. The van der Waals surface area contributed by atoms with Crippen molar-refractivity contribution in [3.05, 3.63) is 29.3 Å². The van der Waals surface area contributed by atoms with Crippen molar-refractivity contribution in [2.45, 2.75) is 88.9 Å². The summed E-state index contributed by atoms with van der Waals surface area (Å²) in [5.41, 5.74) is 0.891. The van der Waals surface area contributed by atoms with Crippen LogP contribution in [-0.4, -0.2) is 68.2 Å². The first-order chi connectivity index (χ1) is 17.3. The zero-order chi connectivity index (χ0) is 27.1. The molecule has 1 aromatic carbocycles. The van der Waals surface area contributed by atoms with Gasteiger partial charge in [-0.1, -0.05) is 13.0 Å². The SMILES string of the molecule is COc1cc2c3c(c1)[C@]1(O[C@@H](CC(=O)N4CCC[C@H]4CO)[C@H]([Si](C)(C)F)[C@H]1C)C(=O)N3C(C)(C)C=C2C. The number of hydrogen-bond acceptors (Lipinski definition) is 5. The summed E-state index contributed by atoms with van der Waals surface area (Å²) in [5, 5.41) is 9.74. The predicted molar refractivity (Wildman–Crippen MR) is 143 cm³/mol. The van der Waals surface area contributed by atoms with Crippen LogP contribution in [0, 0.1) is 5.92 Å². The van der Waals surface area contributed by atoms with Crippen LogP contribution in [0.25, 0.3) is 5.57 Å². The van der Waals surface area contributed by atoms with E-state index in [1.54, 1.807) is 30.0 Å². The molecule has 5 rings (SSSR count). The number of anilines is 1. The van der Waals surface area contributed by atoms with E-state index >= 15 is 4.11 Å². The van der Waals surface area contributed by atoms with Gasteiger partial charge in [-0.3, -0.25) is 14.5 Å². The third-order valence-corrected chi connectivity index (χ3v) is 11.5. The smallest absolute Gasteiger partial charge is 0.265 e. The number of rotatable bonds is 5. The molecule has 1 spiro atoms. The molecular weight excluding hydrogens is 491 g/mol. The van der Waals surface area contributed by atoms with Crippen molar-refractivity contribution in [2.75, 3.05) is 25.2 Å². The topological polar surface area (TPSA) is 79.3 Å². The van der Waals surface area contributed by atoms with Crippen molar-refractivity contribution in [3.8, 4) is 5.75 Å². The molecule has 5 atom stereocenters. The molecule has 0 saturated carbocycles. The van der Waals surface area contributed by atoms with Crippen molar-refractivity contribution >= 4 is 31.5 Å². The highest BCUT2D eigenvalue weighted by molar-refractivity contribution is 6.72. The number of aliphatic hydroxyl groups excluding tert-OH is 1.